The Morgan fingerprint density at radius 3 is 2.46 bits per heavy atom. The highest BCUT2D eigenvalue weighted by atomic mass is 16.5. The lowest BCUT2D eigenvalue weighted by atomic mass is 10.2. The molecule has 6 nitrogen and oxygen atoms in total. The topological polar surface area (TPSA) is 64.4 Å². The largest absolute Gasteiger partial charge is 0.452 e. The molecule has 3 aromatic rings. The minimum atomic E-state index is -0.578. The van der Waals surface area contributed by atoms with Crippen molar-refractivity contribution in [1.29, 1.82) is 0 Å². The molecule has 0 unspecified atom stereocenters. The van der Waals surface area contributed by atoms with Gasteiger partial charge in [-0.05, 0) is 23.8 Å². The van der Waals surface area contributed by atoms with Crippen LogP contribution in [0.4, 0.5) is 5.69 Å². The minimum absolute atomic E-state index is 0.302. The lowest BCUT2D eigenvalue weighted by Crippen LogP contribution is -2.30. The summed E-state index contributed by atoms with van der Waals surface area (Å²) in [7, 11) is 1.64. The van der Waals surface area contributed by atoms with Gasteiger partial charge in [0.25, 0.3) is 5.91 Å². The molecule has 6 heteroatoms. The fourth-order valence-corrected chi connectivity index (χ4v) is 2.56. The zero-order valence-electron chi connectivity index (χ0n) is 15.6. The van der Waals surface area contributed by atoms with Crippen molar-refractivity contribution in [3.8, 4) is 0 Å². The molecule has 0 radical (unpaired) electrons. The molecule has 0 N–H and O–H groups in total. The Morgan fingerprint density at radius 1 is 1.07 bits per heavy atom. The van der Waals surface area contributed by atoms with Crippen LogP contribution in [0.15, 0.2) is 79.1 Å². The summed E-state index contributed by atoms with van der Waals surface area (Å²) in [5.74, 6) is -0.880. The van der Waals surface area contributed by atoms with E-state index in [4.69, 9.17) is 4.74 Å². The van der Waals surface area contributed by atoms with Gasteiger partial charge in [-0.1, -0.05) is 48.5 Å². The molecule has 0 bridgehead atoms. The Labute approximate surface area is 163 Å². The third-order valence-corrected chi connectivity index (χ3v) is 4.11. The summed E-state index contributed by atoms with van der Waals surface area (Å²) in [6.45, 7) is 0.335. The fraction of sp³-hybridized carbons (Fsp3) is 0.136. The lowest BCUT2D eigenvalue weighted by molar-refractivity contribution is -0.142. The second kappa shape index (κ2) is 9.32. The molecule has 0 aliphatic carbocycles. The van der Waals surface area contributed by atoms with Gasteiger partial charge < -0.3 is 9.64 Å². The molecule has 3 rings (SSSR count). The van der Waals surface area contributed by atoms with Crippen LogP contribution in [0, 0.1) is 0 Å². The maximum atomic E-state index is 12.1. The van der Waals surface area contributed by atoms with E-state index in [1.807, 2.05) is 66.9 Å². The van der Waals surface area contributed by atoms with E-state index in [9.17, 15) is 9.59 Å². The van der Waals surface area contributed by atoms with Crippen LogP contribution in [0.25, 0.3) is 6.08 Å². The van der Waals surface area contributed by atoms with Gasteiger partial charge in [-0.25, -0.2) is 4.79 Å². The molecule has 0 saturated carbocycles. The van der Waals surface area contributed by atoms with Crippen molar-refractivity contribution < 1.29 is 14.3 Å². The van der Waals surface area contributed by atoms with Crippen LogP contribution in [0.1, 0.15) is 11.1 Å². The van der Waals surface area contributed by atoms with Crippen LogP contribution in [-0.2, 0) is 20.9 Å². The Hall–Kier alpha value is -3.67. The number of aromatic nitrogens is 2. The highest BCUT2D eigenvalue weighted by Gasteiger charge is 2.12. The standard InChI is InChI=1S/C22H21N3O3/c1-24(20-10-6-3-7-11-20)21(26)17-28-22(27)13-12-19-14-23-25(16-19)15-18-8-4-2-5-9-18/h2-14,16H,15,17H2,1H3/b13-12+. The molecule has 0 saturated heterocycles. The summed E-state index contributed by atoms with van der Waals surface area (Å²) in [6, 6.07) is 19.1. The van der Waals surface area contributed by atoms with Gasteiger partial charge in [0.15, 0.2) is 6.61 Å². The van der Waals surface area contributed by atoms with E-state index in [1.54, 1.807) is 24.0 Å². The SMILES string of the molecule is CN(C(=O)COC(=O)/C=C/c1cnn(Cc2ccccc2)c1)c1ccccc1. The number of ether oxygens (including phenoxy) is 1. The fourth-order valence-electron chi connectivity index (χ4n) is 2.56. The van der Waals surface area contributed by atoms with Crippen molar-refractivity contribution in [3.05, 3.63) is 90.3 Å². The van der Waals surface area contributed by atoms with Crippen LogP contribution in [0.3, 0.4) is 0 Å². The number of carbonyl (C=O) groups is 2. The number of rotatable bonds is 7. The molecule has 0 aliphatic heterocycles. The highest BCUT2D eigenvalue weighted by molar-refractivity contribution is 5.96. The number of likely N-dealkylation sites (N-methyl/N-ethyl adjacent to an activating group) is 1. The molecule has 0 aliphatic rings. The molecule has 2 aromatic carbocycles. The molecule has 0 fully saturated rings. The number of hydrogen-bond donors (Lipinski definition) is 0. The first kappa shape index (κ1) is 19.1. The van der Waals surface area contributed by atoms with Crippen LogP contribution >= 0.6 is 0 Å². The molecular formula is C22H21N3O3. The summed E-state index contributed by atoms with van der Waals surface area (Å²) in [5.41, 5.74) is 2.66. The van der Waals surface area contributed by atoms with E-state index in [-0.39, 0.29) is 12.5 Å². The van der Waals surface area contributed by atoms with E-state index in [0.29, 0.717) is 6.54 Å². The summed E-state index contributed by atoms with van der Waals surface area (Å²) in [5, 5.41) is 4.27. The van der Waals surface area contributed by atoms with E-state index in [0.717, 1.165) is 16.8 Å². The second-order valence-electron chi connectivity index (χ2n) is 6.19. The van der Waals surface area contributed by atoms with Gasteiger partial charge in [0.1, 0.15) is 0 Å². The van der Waals surface area contributed by atoms with Crippen molar-refractivity contribution >= 4 is 23.6 Å². The second-order valence-corrected chi connectivity index (χ2v) is 6.19. The monoisotopic (exact) mass is 375 g/mol. The Balaban J connectivity index is 1.48. The third-order valence-electron chi connectivity index (χ3n) is 4.11. The Bertz CT molecular complexity index is 949. The highest BCUT2D eigenvalue weighted by Crippen LogP contribution is 2.11. The average Bonchev–Trinajstić information content (AvgIpc) is 3.18. The van der Waals surface area contributed by atoms with Crippen molar-refractivity contribution in [2.45, 2.75) is 6.54 Å². The van der Waals surface area contributed by atoms with E-state index >= 15 is 0 Å². The van der Waals surface area contributed by atoms with Crippen LogP contribution in [-0.4, -0.2) is 35.3 Å². The van der Waals surface area contributed by atoms with Crippen LogP contribution in [0.5, 0.6) is 0 Å². The Kier molecular flexibility index (Phi) is 6.36. The molecular weight excluding hydrogens is 354 g/mol. The molecule has 0 spiro atoms. The van der Waals surface area contributed by atoms with Gasteiger partial charge in [-0.3, -0.25) is 9.48 Å². The number of hydrogen-bond acceptors (Lipinski definition) is 4. The lowest BCUT2D eigenvalue weighted by Gasteiger charge is -2.16. The first-order valence-corrected chi connectivity index (χ1v) is 8.84. The molecule has 1 aromatic heterocycles. The molecule has 1 amide bonds. The molecule has 1 heterocycles. The number of amides is 1. The number of carbonyl (C=O) groups excluding carboxylic acids is 2. The quantitative estimate of drug-likeness (QED) is 0.470. The van der Waals surface area contributed by atoms with Gasteiger partial charge in [-0.15, -0.1) is 0 Å². The first-order valence-electron chi connectivity index (χ1n) is 8.84. The van der Waals surface area contributed by atoms with Crippen LogP contribution in [0.2, 0.25) is 0 Å². The summed E-state index contributed by atoms with van der Waals surface area (Å²) >= 11 is 0. The normalized spacial score (nSPS) is 10.8. The van der Waals surface area contributed by atoms with E-state index < -0.39 is 5.97 Å². The van der Waals surface area contributed by atoms with E-state index in [1.165, 1.54) is 11.0 Å². The number of anilines is 1. The smallest absolute Gasteiger partial charge is 0.331 e. The molecule has 28 heavy (non-hydrogen) atoms. The van der Waals surface area contributed by atoms with Gasteiger partial charge >= 0.3 is 5.97 Å². The Morgan fingerprint density at radius 2 is 1.75 bits per heavy atom. The first-order chi connectivity index (χ1) is 13.6. The third kappa shape index (κ3) is 5.41. The van der Waals surface area contributed by atoms with E-state index in [2.05, 4.69) is 5.10 Å². The van der Waals surface area contributed by atoms with Crippen molar-refractivity contribution in [1.82, 2.24) is 9.78 Å². The molecule has 142 valence electrons. The van der Waals surface area contributed by atoms with Crippen molar-refractivity contribution in [3.63, 3.8) is 0 Å². The summed E-state index contributed by atoms with van der Waals surface area (Å²) in [6.07, 6.45) is 6.41. The number of benzene rings is 2. The summed E-state index contributed by atoms with van der Waals surface area (Å²) in [4.78, 5) is 25.4. The maximum absolute atomic E-state index is 12.1. The number of para-hydroxylation sites is 1. The van der Waals surface area contributed by atoms with Gasteiger partial charge in [0.05, 0.1) is 12.7 Å². The maximum Gasteiger partial charge on any atom is 0.331 e. The van der Waals surface area contributed by atoms with Crippen molar-refractivity contribution in [2.24, 2.45) is 0 Å². The van der Waals surface area contributed by atoms with Crippen LogP contribution < -0.4 is 4.90 Å². The van der Waals surface area contributed by atoms with Gasteiger partial charge in [-0.2, -0.15) is 5.10 Å². The predicted molar refractivity (Wildman–Crippen MR) is 108 cm³/mol. The predicted octanol–water partition coefficient (Wildman–Crippen LogP) is 3.15. The van der Waals surface area contributed by atoms with Crippen molar-refractivity contribution in [2.75, 3.05) is 18.6 Å². The zero-order valence-corrected chi connectivity index (χ0v) is 15.6. The van der Waals surface area contributed by atoms with Gasteiger partial charge in [0.2, 0.25) is 0 Å². The minimum Gasteiger partial charge on any atom is -0.452 e. The summed E-state index contributed by atoms with van der Waals surface area (Å²) < 4.78 is 6.82. The number of nitrogens with zero attached hydrogens (tertiary/aromatic N) is 3. The molecule has 0 atom stereocenters. The van der Waals surface area contributed by atoms with Gasteiger partial charge in [0, 0.05) is 30.6 Å². The zero-order chi connectivity index (χ0) is 19.8. The average molecular weight is 375 g/mol. The number of esters is 1.